The third-order valence-corrected chi connectivity index (χ3v) is 2.86. The van der Waals surface area contributed by atoms with Gasteiger partial charge in [0.15, 0.2) is 5.82 Å². The second kappa shape index (κ2) is 5.42. The van der Waals surface area contributed by atoms with Gasteiger partial charge in [-0.25, -0.2) is 15.4 Å². The molecule has 0 fully saturated rings. The summed E-state index contributed by atoms with van der Waals surface area (Å²) in [5.74, 6) is 6.06. The highest BCUT2D eigenvalue weighted by Gasteiger charge is 2.18. The van der Waals surface area contributed by atoms with E-state index in [1.165, 1.54) is 0 Å². The van der Waals surface area contributed by atoms with E-state index in [0.717, 1.165) is 5.56 Å². The Kier molecular flexibility index (Phi) is 3.91. The van der Waals surface area contributed by atoms with Crippen LogP contribution in [-0.4, -0.2) is 9.97 Å². The van der Waals surface area contributed by atoms with Gasteiger partial charge in [0.05, 0.1) is 0 Å². The van der Waals surface area contributed by atoms with Crippen LogP contribution < -0.4 is 11.3 Å². The molecule has 2 aromatic rings. The largest absolute Gasteiger partial charge is 0.270 e. The molecule has 0 aliphatic carbocycles. The zero-order valence-electron chi connectivity index (χ0n) is 8.77. The molecule has 1 heterocycles. The van der Waals surface area contributed by atoms with E-state index in [4.69, 9.17) is 29.0 Å². The summed E-state index contributed by atoms with van der Waals surface area (Å²) in [6, 6.07) is 6.52. The number of nitrogens with one attached hydrogen (secondary N) is 1. The van der Waals surface area contributed by atoms with Crippen molar-refractivity contribution in [3.05, 3.63) is 58.1 Å². The zero-order valence-corrected chi connectivity index (χ0v) is 10.3. The molecule has 0 saturated heterocycles. The van der Waals surface area contributed by atoms with Crippen LogP contribution >= 0.6 is 23.2 Å². The maximum Gasteiger partial charge on any atom is 0.150 e. The molecule has 0 spiro atoms. The zero-order chi connectivity index (χ0) is 12.3. The van der Waals surface area contributed by atoms with Gasteiger partial charge in [-0.05, 0) is 29.8 Å². The first-order valence-electron chi connectivity index (χ1n) is 4.90. The second-order valence-corrected chi connectivity index (χ2v) is 4.22. The summed E-state index contributed by atoms with van der Waals surface area (Å²) in [5.41, 5.74) is 3.38. The number of hydrazine groups is 1. The number of rotatable bonds is 3. The van der Waals surface area contributed by atoms with Crippen LogP contribution in [0.4, 0.5) is 0 Å². The van der Waals surface area contributed by atoms with Gasteiger partial charge in [0.2, 0.25) is 0 Å². The van der Waals surface area contributed by atoms with Crippen LogP contribution in [0.1, 0.15) is 17.4 Å². The molecule has 1 aromatic carbocycles. The fourth-order valence-electron chi connectivity index (χ4n) is 1.50. The lowest BCUT2D eigenvalue weighted by Gasteiger charge is -2.16. The molecule has 0 radical (unpaired) electrons. The van der Waals surface area contributed by atoms with Gasteiger partial charge in [0.1, 0.15) is 6.04 Å². The third kappa shape index (κ3) is 2.73. The quantitative estimate of drug-likeness (QED) is 0.663. The third-order valence-electron chi connectivity index (χ3n) is 2.28. The van der Waals surface area contributed by atoms with Gasteiger partial charge in [-0.2, -0.15) is 0 Å². The van der Waals surface area contributed by atoms with E-state index < -0.39 is 0 Å². The van der Waals surface area contributed by atoms with E-state index in [2.05, 4.69) is 15.4 Å². The van der Waals surface area contributed by atoms with Crippen LogP contribution in [0, 0.1) is 0 Å². The highest BCUT2D eigenvalue weighted by atomic mass is 35.5. The van der Waals surface area contributed by atoms with Crippen molar-refractivity contribution in [1.82, 2.24) is 15.4 Å². The van der Waals surface area contributed by atoms with Gasteiger partial charge in [-0.15, -0.1) is 0 Å². The van der Waals surface area contributed by atoms with E-state index in [0.29, 0.717) is 15.9 Å². The molecule has 17 heavy (non-hydrogen) atoms. The molecule has 1 aromatic heterocycles. The Labute approximate surface area is 109 Å². The molecule has 0 aliphatic heterocycles. The highest BCUT2D eigenvalue weighted by Crippen LogP contribution is 2.28. The molecule has 6 heteroatoms. The lowest BCUT2D eigenvalue weighted by atomic mass is 10.1. The SMILES string of the molecule is NNC(c1ncccn1)c1cc(Cl)ccc1Cl. The lowest BCUT2D eigenvalue weighted by Crippen LogP contribution is -2.30. The minimum absolute atomic E-state index is 0.387. The number of hydrogen-bond donors (Lipinski definition) is 2. The maximum atomic E-state index is 6.11. The molecule has 0 saturated carbocycles. The van der Waals surface area contributed by atoms with Crippen LogP contribution in [0.15, 0.2) is 36.7 Å². The smallest absolute Gasteiger partial charge is 0.150 e. The summed E-state index contributed by atoms with van der Waals surface area (Å²) in [6.07, 6.45) is 3.29. The van der Waals surface area contributed by atoms with Gasteiger partial charge in [-0.1, -0.05) is 23.2 Å². The van der Waals surface area contributed by atoms with Gasteiger partial charge >= 0.3 is 0 Å². The van der Waals surface area contributed by atoms with Crippen LogP contribution in [0.25, 0.3) is 0 Å². The van der Waals surface area contributed by atoms with Gasteiger partial charge in [-0.3, -0.25) is 5.84 Å². The van der Waals surface area contributed by atoms with Crippen molar-refractivity contribution in [3.8, 4) is 0 Å². The molecule has 0 amide bonds. The van der Waals surface area contributed by atoms with E-state index in [1.54, 1.807) is 36.7 Å². The topological polar surface area (TPSA) is 63.8 Å². The standard InChI is InChI=1S/C11H10Cl2N4/c12-7-2-3-9(13)8(6-7)10(17-14)11-15-4-1-5-16-11/h1-6,10,17H,14H2. The average molecular weight is 269 g/mol. The van der Waals surface area contributed by atoms with E-state index in [9.17, 15) is 0 Å². The summed E-state index contributed by atoms with van der Waals surface area (Å²) in [5, 5.41) is 1.14. The van der Waals surface area contributed by atoms with Crippen LogP contribution in [-0.2, 0) is 0 Å². The molecule has 1 atom stereocenters. The summed E-state index contributed by atoms with van der Waals surface area (Å²) >= 11 is 12.0. The van der Waals surface area contributed by atoms with Gasteiger partial charge < -0.3 is 0 Å². The van der Waals surface area contributed by atoms with Gasteiger partial charge in [0, 0.05) is 22.4 Å². The molecule has 0 aliphatic rings. The second-order valence-electron chi connectivity index (χ2n) is 3.37. The minimum atomic E-state index is -0.387. The number of benzene rings is 1. The molecular weight excluding hydrogens is 259 g/mol. The van der Waals surface area contributed by atoms with E-state index >= 15 is 0 Å². The van der Waals surface area contributed by atoms with Crippen molar-refractivity contribution < 1.29 is 0 Å². The average Bonchev–Trinajstić information content (AvgIpc) is 2.36. The normalized spacial score (nSPS) is 12.4. The highest BCUT2D eigenvalue weighted by molar-refractivity contribution is 6.33. The van der Waals surface area contributed by atoms with E-state index in [1.807, 2.05) is 0 Å². The van der Waals surface area contributed by atoms with Crippen molar-refractivity contribution in [2.45, 2.75) is 6.04 Å². The maximum absolute atomic E-state index is 6.11. The van der Waals surface area contributed by atoms with Crippen LogP contribution in [0.2, 0.25) is 10.0 Å². The van der Waals surface area contributed by atoms with Crippen molar-refractivity contribution >= 4 is 23.2 Å². The Morgan fingerprint density at radius 1 is 1.18 bits per heavy atom. The van der Waals surface area contributed by atoms with Crippen LogP contribution in [0.5, 0.6) is 0 Å². The Morgan fingerprint density at radius 2 is 1.88 bits per heavy atom. The number of aromatic nitrogens is 2. The van der Waals surface area contributed by atoms with Crippen molar-refractivity contribution in [3.63, 3.8) is 0 Å². The molecule has 0 bridgehead atoms. The first-order valence-corrected chi connectivity index (χ1v) is 5.66. The minimum Gasteiger partial charge on any atom is -0.270 e. The molecule has 1 unspecified atom stereocenters. The van der Waals surface area contributed by atoms with Crippen molar-refractivity contribution in [1.29, 1.82) is 0 Å². The molecule has 4 nitrogen and oxygen atoms in total. The molecular formula is C11H10Cl2N4. The number of nitrogens with zero attached hydrogens (tertiary/aromatic N) is 2. The monoisotopic (exact) mass is 268 g/mol. The molecule has 88 valence electrons. The molecule has 2 rings (SSSR count). The van der Waals surface area contributed by atoms with Gasteiger partial charge in [0.25, 0.3) is 0 Å². The predicted molar refractivity (Wildman–Crippen MR) is 67.7 cm³/mol. The van der Waals surface area contributed by atoms with Crippen molar-refractivity contribution in [2.75, 3.05) is 0 Å². The Bertz CT molecular complexity index is 504. The fourth-order valence-corrected chi connectivity index (χ4v) is 1.91. The summed E-state index contributed by atoms with van der Waals surface area (Å²) in [4.78, 5) is 8.28. The van der Waals surface area contributed by atoms with E-state index in [-0.39, 0.29) is 6.04 Å². The number of hydrogen-bond acceptors (Lipinski definition) is 4. The lowest BCUT2D eigenvalue weighted by molar-refractivity contribution is 0.601. The summed E-state index contributed by atoms with van der Waals surface area (Å²) < 4.78 is 0. The fraction of sp³-hybridized carbons (Fsp3) is 0.0909. The first-order chi connectivity index (χ1) is 8.22. The van der Waals surface area contributed by atoms with Crippen LogP contribution in [0.3, 0.4) is 0 Å². The first kappa shape index (κ1) is 12.3. The van der Waals surface area contributed by atoms with Crippen molar-refractivity contribution in [2.24, 2.45) is 5.84 Å². The number of nitrogens with two attached hydrogens (primary N) is 1. The molecule has 3 N–H and O–H groups in total. The Balaban J connectivity index is 2.46. The number of halogens is 2. The summed E-state index contributed by atoms with van der Waals surface area (Å²) in [7, 11) is 0. The predicted octanol–water partition coefficient (Wildman–Crippen LogP) is 2.34. The Hall–Kier alpha value is -1.20. The Morgan fingerprint density at radius 3 is 2.53 bits per heavy atom. The summed E-state index contributed by atoms with van der Waals surface area (Å²) in [6.45, 7) is 0.